The number of benzene rings is 3. The van der Waals surface area contributed by atoms with E-state index in [9.17, 15) is 9.59 Å². The number of nitrogens with zero attached hydrogens (tertiary/aromatic N) is 1. The lowest BCUT2D eigenvalue weighted by atomic mass is 10.0. The van der Waals surface area contributed by atoms with Crippen molar-refractivity contribution in [2.45, 2.75) is 52.2 Å². The maximum atomic E-state index is 13.6. The van der Waals surface area contributed by atoms with E-state index in [1.54, 1.807) is 23.1 Å². The molecule has 2 unspecified atom stereocenters. The third-order valence-electron chi connectivity index (χ3n) is 5.99. The number of halogens is 2. The summed E-state index contributed by atoms with van der Waals surface area (Å²) >= 11 is 9.66. The van der Waals surface area contributed by atoms with Gasteiger partial charge in [0.1, 0.15) is 11.8 Å². The number of ether oxygens (including phenoxy) is 1. The minimum absolute atomic E-state index is 0.00933. The van der Waals surface area contributed by atoms with Crippen molar-refractivity contribution in [3.8, 4) is 5.75 Å². The first kappa shape index (κ1) is 27.8. The van der Waals surface area contributed by atoms with Gasteiger partial charge >= 0.3 is 0 Å². The molecule has 5 nitrogen and oxygen atoms in total. The van der Waals surface area contributed by atoms with Gasteiger partial charge in [0.25, 0.3) is 5.91 Å². The normalized spacial score (nSPS) is 12.5. The molecule has 0 spiro atoms. The van der Waals surface area contributed by atoms with Crippen molar-refractivity contribution < 1.29 is 14.3 Å². The van der Waals surface area contributed by atoms with E-state index in [1.807, 2.05) is 75.4 Å². The highest BCUT2D eigenvalue weighted by Crippen LogP contribution is 2.28. The molecular formula is C29H32BrClN2O3. The highest BCUT2D eigenvalue weighted by molar-refractivity contribution is 9.10. The van der Waals surface area contributed by atoms with E-state index in [-0.39, 0.29) is 31.0 Å². The summed E-state index contributed by atoms with van der Waals surface area (Å²) in [5.41, 5.74) is 3.03. The van der Waals surface area contributed by atoms with Gasteiger partial charge in [-0.05, 0) is 49.6 Å². The van der Waals surface area contributed by atoms with Crippen molar-refractivity contribution in [1.82, 2.24) is 10.2 Å². The highest BCUT2D eigenvalue weighted by Gasteiger charge is 2.31. The molecule has 190 valence electrons. The Bertz CT molecular complexity index is 1150. The Morgan fingerprint density at radius 3 is 2.36 bits per heavy atom. The molecule has 36 heavy (non-hydrogen) atoms. The molecule has 7 heteroatoms. The van der Waals surface area contributed by atoms with E-state index in [4.69, 9.17) is 16.3 Å². The third-order valence-corrected chi connectivity index (χ3v) is 6.78. The SMILES string of the molecule is CCC(C)NC(=O)C(Cc1ccccc1)N(Cc1ccc(C)cc1)C(=O)COc1ccc(Br)cc1Cl. The Hall–Kier alpha value is -2.83. The molecule has 1 N–H and O–H groups in total. The second-order valence-electron chi connectivity index (χ2n) is 8.89. The van der Waals surface area contributed by atoms with Gasteiger partial charge in [0.2, 0.25) is 5.91 Å². The molecule has 0 fully saturated rings. The number of hydrogen-bond donors (Lipinski definition) is 1. The van der Waals surface area contributed by atoms with Gasteiger partial charge < -0.3 is 15.0 Å². The minimum Gasteiger partial charge on any atom is -0.482 e. The molecule has 3 aromatic carbocycles. The van der Waals surface area contributed by atoms with Crippen LogP contribution >= 0.6 is 27.5 Å². The molecule has 0 aromatic heterocycles. The van der Waals surface area contributed by atoms with Crippen molar-refractivity contribution in [2.24, 2.45) is 0 Å². The zero-order valence-electron chi connectivity index (χ0n) is 20.8. The van der Waals surface area contributed by atoms with Gasteiger partial charge in [0.05, 0.1) is 5.02 Å². The third kappa shape index (κ3) is 8.10. The van der Waals surface area contributed by atoms with Crippen LogP contribution in [0.3, 0.4) is 0 Å². The Balaban J connectivity index is 1.91. The molecule has 0 heterocycles. The molecule has 0 aliphatic heterocycles. The Morgan fingerprint density at radius 2 is 1.72 bits per heavy atom. The number of amides is 2. The van der Waals surface area contributed by atoms with Crippen molar-refractivity contribution in [3.05, 3.63) is 99.0 Å². The van der Waals surface area contributed by atoms with Crippen LogP contribution in [0.5, 0.6) is 5.75 Å². The maximum absolute atomic E-state index is 13.6. The lowest BCUT2D eigenvalue weighted by molar-refractivity contribution is -0.143. The van der Waals surface area contributed by atoms with Gasteiger partial charge in [0, 0.05) is 23.5 Å². The van der Waals surface area contributed by atoms with E-state index in [2.05, 4.69) is 21.2 Å². The van der Waals surface area contributed by atoms with E-state index >= 15 is 0 Å². The summed E-state index contributed by atoms with van der Waals surface area (Å²) in [5, 5.41) is 3.47. The van der Waals surface area contributed by atoms with Crippen molar-refractivity contribution in [1.29, 1.82) is 0 Å². The Morgan fingerprint density at radius 1 is 1.03 bits per heavy atom. The van der Waals surface area contributed by atoms with Gasteiger partial charge in [-0.15, -0.1) is 0 Å². The van der Waals surface area contributed by atoms with Crippen LogP contribution in [0.25, 0.3) is 0 Å². The van der Waals surface area contributed by atoms with Crippen LogP contribution in [-0.4, -0.2) is 35.4 Å². The molecule has 0 saturated heterocycles. The number of carbonyl (C=O) groups is 2. The number of rotatable bonds is 11. The zero-order chi connectivity index (χ0) is 26.1. The summed E-state index contributed by atoms with van der Waals surface area (Å²) in [5.74, 6) is -0.0719. The summed E-state index contributed by atoms with van der Waals surface area (Å²) in [6, 6.07) is 22.2. The topological polar surface area (TPSA) is 58.6 Å². The summed E-state index contributed by atoms with van der Waals surface area (Å²) in [6.45, 7) is 6.03. The van der Waals surface area contributed by atoms with Crippen LogP contribution in [0.1, 0.15) is 37.0 Å². The molecule has 2 atom stereocenters. The standard InChI is InChI=1S/C29H32BrClN2O3/c1-4-21(3)32-29(35)26(16-22-8-6-5-7-9-22)33(18-23-12-10-20(2)11-13-23)28(34)19-36-27-15-14-24(30)17-25(27)31/h5-15,17,21,26H,4,16,18-19H2,1-3H3,(H,32,35). The lowest BCUT2D eigenvalue weighted by Gasteiger charge is -2.32. The van der Waals surface area contributed by atoms with Gasteiger partial charge in [-0.1, -0.05) is 94.6 Å². The second-order valence-corrected chi connectivity index (χ2v) is 10.2. The fourth-order valence-corrected chi connectivity index (χ4v) is 4.43. The lowest BCUT2D eigenvalue weighted by Crippen LogP contribution is -2.53. The summed E-state index contributed by atoms with van der Waals surface area (Å²) in [7, 11) is 0. The van der Waals surface area contributed by atoms with E-state index in [0.29, 0.717) is 17.2 Å². The van der Waals surface area contributed by atoms with Gasteiger partial charge in [-0.25, -0.2) is 0 Å². The van der Waals surface area contributed by atoms with Crippen LogP contribution in [0.15, 0.2) is 77.3 Å². The fourth-order valence-electron chi connectivity index (χ4n) is 3.70. The molecule has 2 amide bonds. The molecule has 0 radical (unpaired) electrons. The number of carbonyl (C=O) groups excluding carboxylic acids is 2. The molecule has 3 aromatic rings. The van der Waals surface area contributed by atoms with Gasteiger partial charge in [-0.2, -0.15) is 0 Å². The molecule has 0 aliphatic carbocycles. The summed E-state index contributed by atoms with van der Waals surface area (Å²) in [6.07, 6.45) is 1.18. The van der Waals surface area contributed by atoms with Gasteiger partial charge in [0.15, 0.2) is 6.61 Å². The quantitative estimate of drug-likeness (QED) is 0.292. The molecule has 0 saturated carbocycles. The zero-order valence-corrected chi connectivity index (χ0v) is 23.2. The van der Waals surface area contributed by atoms with E-state index in [0.717, 1.165) is 27.6 Å². The van der Waals surface area contributed by atoms with Gasteiger partial charge in [-0.3, -0.25) is 9.59 Å². The van der Waals surface area contributed by atoms with Crippen molar-refractivity contribution >= 4 is 39.3 Å². The van der Waals surface area contributed by atoms with Crippen LogP contribution in [-0.2, 0) is 22.6 Å². The van der Waals surface area contributed by atoms with Crippen LogP contribution in [0, 0.1) is 6.92 Å². The molecule has 0 bridgehead atoms. The molecule has 0 aliphatic rings. The predicted molar refractivity (Wildman–Crippen MR) is 148 cm³/mol. The smallest absolute Gasteiger partial charge is 0.261 e. The van der Waals surface area contributed by atoms with Crippen molar-refractivity contribution in [3.63, 3.8) is 0 Å². The van der Waals surface area contributed by atoms with E-state index < -0.39 is 6.04 Å². The summed E-state index contributed by atoms with van der Waals surface area (Å²) < 4.78 is 6.61. The Kier molecular flexibility index (Phi) is 10.4. The highest BCUT2D eigenvalue weighted by atomic mass is 79.9. The first-order chi connectivity index (χ1) is 17.3. The Labute approximate surface area is 226 Å². The number of hydrogen-bond acceptors (Lipinski definition) is 3. The average molecular weight is 572 g/mol. The largest absolute Gasteiger partial charge is 0.482 e. The first-order valence-electron chi connectivity index (χ1n) is 12.0. The predicted octanol–water partition coefficient (Wildman–Crippen LogP) is 6.34. The van der Waals surface area contributed by atoms with E-state index in [1.165, 1.54) is 0 Å². The monoisotopic (exact) mass is 570 g/mol. The summed E-state index contributed by atoms with van der Waals surface area (Å²) in [4.78, 5) is 28.7. The number of aryl methyl sites for hydroxylation is 1. The second kappa shape index (κ2) is 13.5. The fraction of sp³-hybridized carbons (Fsp3) is 0.310. The molecular weight excluding hydrogens is 540 g/mol. The first-order valence-corrected chi connectivity index (χ1v) is 13.2. The maximum Gasteiger partial charge on any atom is 0.261 e. The minimum atomic E-state index is -0.709. The number of nitrogens with one attached hydrogen (secondary N) is 1. The molecule has 3 rings (SSSR count). The van der Waals surface area contributed by atoms with Crippen LogP contribution < -0.4 is 10.1 Å². The average Bonchev–Trinajstić information content (AvgIpc) is 2.87. The van der Waals surface area contributed by atoms with Crippen LogP contribution in [0.2, 0.25) is 5.02 Å². The van der Waals surface area contributed by atoms with Crippen LogP contribution in [0.4, 0.5) is 0 Å². The van der Waals surface area contributed by atoms with Crippen molar-refractivity contribution in [2.75, 3.05) is 6.61 Å².